The molecule has 272 valence electrons. The fraction of sp³-hybridized carbons (Fsp3) is 1.00. The maximum Gasteiger partial charge on any atom is 0.187 e. The van der Waals surface area contributed by atoms with Crippen molar-refractivity contribution >= 4 is 0 Å². The van der Waals surface area contributed by atoms with Gasteiger partial charge in [0.05, 0.1) is 19.8 Å². The molecule has 3 heterocycles. The first-order valence-corrected chi connectivity index (χ1v) is 16.6. The molecule has 16 heteroatoms. The van der Waals surface area contributed by atoms with Gasteiger partial charge < -0.3 is 79.5 Å². The Morgan fingerprint density at radius 3 is 1.30 bits per heavy atom. The summed E-state index contributed by atoms with van der Waals surface area (Å²) in [7, 11) is 0. The predicted molar refractivity (Wildman–Crippen MR) is 157 cm³/mol. The van der Waals surface area contributed by atoms with Crippen molar-refractivity contribution < 1.29 is 79.5 Å². The molecule has 0 aromatic carbocycles. The van der Waals surface area contributed by atoms with E-state index in [-0.39, 0.29) is 6.61 Å². The van der Waals surface area contributed by atoms with E-state index in [0.29, 0.717) is 0 Å². The molecule has 0 radical (unpaired) electrons. The third kappa shape index (κ3) is 10.4. The highest BCUT2D eigenvalue weighted by Gasteiger charge is 2.53. The van der Waals surface area contributed by atoms with Gasteiger partial charge in [-0.25, -0.2) is 0 Å². The van der Waals surface area contributed by atoms with Gasteiger partial charge in [-0.3, -0.25) is 0 Å². The van der Waals surface area contributed by atoms with Gasteiger partial charge in [-0.1, -0.05) is 64.7 Å². The number of unbranched alkanes of at least 4 members (excludes halogenated alkanes) is 9. The topological polar surface area (TPSA) is 258 Å². The zero-order valence-electron chi connectivity index (χ0n) is 26.5. The summed E-state index contributed by atoms with van der Waals surface area (Å²) < 4.78 is 33.4. The maximum atomic E-state index is 10.9. The van der Waals surface area contributed by atoms with Crippen LogP contribution in [0.5, 0.6) is 0 Å². The second kappa shape index (κ2) is 20.1. The lowest BCUT2D eigenvalue weighted by atomic mass is 9.96. The Bertz CT molecular complexity index is 820. The Morgan fingerprint density at radius 2 is 0.826 bits per heavy atom. The van der Waals surface area contributed by atoms with E-state index in [1.54, 1.807) is 0 Å². The highest BCUT2D eigenvalue weighted by atomic mass is 16.8. The zero-order chi connectivity index (χ0) is 33.8. The molecule has 3 rings (SSSR count). The molecular formula is C30H56O16. The second-order valence-corrected chi connectivity index (χ2v) is 12.4. The van der Waals surface area contributed by atoms with E-state index in [1.807, 2.05) is 0 Å². The van der Waals surface area contributed by atoms with Crippen molar-refractivity contribution in [1.29, 1.82) is 0 Å². The molecule has 0 amide bonds. The number of rotatable bonds is 19. The van der Waals surface area contributed by atoms with Crippen LogP contribution in [0.15, 0.2) is 0 Å². The molecule has 3 aliphatic heterocycles. The van der Waals surface area contributed by atoms with Crippen molar-refractivity contribution in [2.75, 3.05) is 26.4 Å². The third-order valence-electron chi connectivity index (χ3n) is 8.85. The van der Waals surface area contributed by atoms with E-state index in [1.165, 1.54) is 38.5 Å². The molecular weight excluding hydrogens is 616 g/mol. The molecule has 3 saturated heterocycles. The first kappa shape index (κ1) is 39.8. The van der Waals surface area contributed by atoms with Gasteiger partial charge in [0.25, 0.3) is 0 Å². The smallest absolute Gasteiger partial charge is 0.187 e. The molecule has 15 atom stereocenters. The van der Waals surface area contributed by atoms with Crippen LogP contribution in [0.2, 0.25) is 0 Å². The Balaban J connectivity index is 1.50. The van der Waals surface area contributed by atoms with Crippen LogP contribution in [0.1, 0.15) is 71.1 Å². The summed E-state index contributed by atoms with van der Waals surface area (Å²) in [6, 6.07) is 0. The zero-order valence-corrected chi connectivity index (χ0v) is 26.5. The van der Waals surface area contributed by atoms with E-state index < -0.39 is 112 Å². The molecule has 0 spiro atoms. The summed E-state index contributed by atoms with van der Waals surface area (Å²) in [4.78, 5) is 0. The average molecular weight is 673 g/mol. The van der Waals surface area contributed by atoms with Gasteiger partial charge in [-0.05, 0) is 6.42 Å². The predicted octanol–water partition coefficient (Wildman–Crippen LogP) is -2.63. The SMILES string of the molecule is CCCCCCCCCCCCO[C@@H]1O[C@H](CO)[C@@H](O[C@H]2O[C@H](CO)[C@@H](O[C@H]3O[C@H](CO)[C@@H](O)[C@H](O)[C@H]3O)[C@H](O)[C@H]2O)[C@H](O)[C@H]1O. The first-order chi connectivity index (χ1) is 22.1. The standard InChI is InChI=1S/C30H56O16/c1-2-3-4-5-6-7-8-9-10-11-12-41-28-24(39)21(36)26(17(14-32)43-28)46-30-25(40)22(37)27(18(15-33)44-30)45-29-23(38)20(35)19(34)16(13-31)42-29/h16-40H,2-15H2,1H3/t16-,17-,18-,19-,20+,21-,22-,23-,24-,25-,26-,27-,28-,29-,30-/m1/s1. The van der Waals surface area contributed by atoms with E-state index in [0.717, 1.165) is 25.7 Å². The highest BCUT2D eigenvalue weighted by molar-refractivity contribution is 4.96. The average Bonchev–Trinajstić information content (AvgIpc) is 3.06. The fourth-order valence-electron chi connectivity index (χ4n) is 5.97. The summed E-state index contributed by atoms with van der Waals surface area (Å²) in [6.45, 7) is 0.270. The summed E-state index contributed by atoms with van der Waals surface area (Å²) >= 11 is 0. The van der Waals surface area contributed by atoms with Crippen molar-refractivity contribution in [3.05, 3.63) is 0 Å². The van der Waals surface area contributed by atoms with Crippen molar-refractivity contribution in [1.82, 2.24) is 0 Å². The van der Waals surface area contributed by atoms with Gasteiger partial charge in [0, 0.05) is 6.61 Å². The Morgan fingerprint density at radius 1 is 0.435 bits per heavy atom. The lowest BCUT2D eigenvalue weighted by molar-refractivity contribution is -0.379. The van der Waals surface area contributed by atoms with Crippen molar-refractivity contribution in [3.8, 4) is 0 Å². The van der Waals surface area contributed by atoms with Crippen LogP contribution in [0.25, 0.3) is 0 Å². The molecule has 46 heavy (non-hydrogen) atoms. The quantitative estimate of drug-likeness (QED) is 0.0630. The van der Waals surface area contributed by atoms with E-state index in [9.17, 15) is 51.1 Å². The molecule has 0 unspecified atom stereocenters. The monoisotopic (exact) mass is 672 g/mol. The molecule has 0 bridgehead atoms. The van der Waals surface area contributed by atoms with Crippen LogP contribution < -0.4 is 0 Å². The Hall–Kier alpha value is -0.640. The van der Waals surface area contributed by atoms with E-state index in [4.69, 9.17) is 28.4 Å². The van der Waals surface area contributed by atoms with Crippen molar-refractivity contribution in [3.63, 3.8) is 0 Å². The van der Waals surface area contributed by atoms with Crippen molar-refractivity contribution in [2.24, 2.45) is 0 Å². The number of hydrogen-bond acceptors (Lipinski definition) is 16. The van der Waals surface area contributed by atoms with Gasteiger partial charge in [-0.15, -0.1) is 0 Å². The number of aliphatic hydroxyl groups is 10. The molecule has 0 aliphatic carbocycles. The molecule has 3 fully saturated rings. The molecule has 0 aromatic rings. The minimum atomic E-state index is -1.88. The first-order valence-electron chi connectivity index (χ1n) is 16.6. The van der Waals surface area contributed by atoms with Crippen LogP contribution in [0.4, 0.5) is 0 Å². The Kier molecular flexibility index (Phi) is 17.4. The van der Waals surface area contributed by atoms with Crippen LogP contribution in [-0.4, -0.2) is 170 Å². The molecule has 16 nitrogen and oxygen atoms in total. The van der Waals surface area contributed by atoms with E-state index in [2.05, 4.69) is 6.92 Å². The van der Waals surface area contributed by atoms with Gasteiger partial charge in [-0.2, -0.15) is 0 Å². The van der Waals surface area contributed by atoms with Crippen LogP contribution >= 0.6 is 0 Å². The number of ether oxygens (including phenoxy) is 6. The molecule has 3 aliphatic rings. The Labute approximate surface area is 269 Å². The summed E-state index contributed by atoms with van der Waals surface area (Å²) in [5.74, 6) is 0. The highest BCUT2D eigenvalue weighted by Crippen LogP contribution is 2.32. The number of hydrogen-bond donors (Lipinski definition) is 10. The van der Waals surface area contributed by atoms with Gasteiger partial charge >= 0.3 is 0 Å². The normalized spacial score (nSPS) is 41.9. The molecule has 0 aromatic heterocycles. The van der Waals surface area contributed by atoms with Crippen LogP contribution in [0.3, 0.4) is 0 Å². The van der Waals surface area contributed by atoms with Crippen LogP contribution in [-0.2, 0) is 28.4 Å². The fourth-order valence-corrected chi connectivity index (χ4v) is 5.97. The minimum absolute atomic E-state index is 0.263. The lowest BCUT2D eigenvalue weighted by Gasteiger charge is -2.48. The number of aliphatic hydroxyl groups excluding tert-OH is 10. The van der Waals surface area contributed by atoms with Gasteiger partial charge in [0.1, 0.15) is 73.2 Å². The summed E-state index contributed by atoms with van der Waals surface area (Å²) in [5.41, 5.74) is 0. The van der Waals surface area contributed by atoms with E-state index >= 15 is 0 Å². The van der Waals surface area contributed by atoms with Crippen molar-refractivity contribution in [2.45, 2.75) is 163 Å². The lowest BCUT2D eigenvalue weighted by Crippen LogP contribution is -2.66. The molecule has 0 saturated carbocycles. The molecule has 10 N–H and O–H groups in total. The van der Waals surface area contributed by atoms with Crippen LogP contribution in [0, 0.1) is 0 Å². The summed E-state index contributed by atoms with van der Waals surface area (Å²) in [6.07, 6.45) is -12.5. The van der Waals surface area contributed by atoms with Gasteiger partial charge in [0.2, 0.25) is 0 Å². The summed E-state index contributed by atoms with van der Waals surface area (Å²) in [5, 5.41) is 103. The van der Waals surface area contributed by atoms with Gasteiger partial charge in [0.15, 0.2) is 18.9 Å². The maximum absolute atomic E-state index is 10.9. The second-order valence-electron chi connectivity index (χ2n) is 12.4. The third-order valence-corrected chi connectivity index (χ3v) is 8.85. The largest absolute Gasteiger partial charge is 0.394 e. The minimum Gasteiger partial charge on any atom is -0.394 e.